The number of ether oxygens (including phenoxy) is 1. The summed E-state index contributed by atoms with van der Waals surface area (Å²) in [7, 11) is 1.72. The van der Waals surface area contributed by atoms with E-state index in [9.17, 15) is 0 Å². The molecule has 0 saturated heterocycles. The fraction of sp³-hybridized carbons (Fsp3) is 0.368. The average molecular weight is 393 g/mol. The van der Waals surface area contributed by atoms with Crippen LogP contribution in [-0.4, -0.2) is 7.11 Å². The second-order valence-corrected chi connectivity index (χ2v) is 8.67. The summed E-state index contributed by atoms with van der Waals surface area (Å²) in [6.45, 7) is 0. The molecule has 21 heavy (non-hydrogen) atoms. The van der Waals surface area contributed by atoms with Crippen molar-refractivity contribution in [2.24, 2.45) is 0 Å². The minimum Gasteiger partial charge on any atom is -0.497 e. The molecule has 2 heteroatoms. The fourth-order valence-corrected chi connectivity index (χ4v) is 5.15. The van der Waals surface area contributed by atoms with Crippen molar-refractivity contribution in [2.75, 3.05) is 7.11 Å². The number of halogens is 1. The van der Waals surface area contributed by atoms with Crippen molar-refractivity contribution in [1.29, 1.82) is 0 Å². The van der Waals surface area contributed by atoms with Gasteiger partial charge in [-0.25, -0.2) is 0 Å². The standard InChI is InChI=1S/C19H22IO/c1-21-19-13-11-18(12-14-19)20-17-9-7-16(8-10-17)15-5-3-2-4-6-15/h7-15H,2-6H2,1H3/q+1. The van der Waals surface area contributed by atoms with Crippen LogP contribution in [0, 0.1) is 7.14 Å². The van der Waals surface area contributed by atoms with E-state index in [1.54, 1.807) is 12.7 Å². The van der Waals surface area contributed by atoms with Crippen molar-refractivity contribution in [2.45, 2.75) is 38.0 Å². The molecule has 1 nitrogen and oxygen atoms in total. The van der Waals surface area contributed by atoms with Gasteiger partial charge >= 0.3 is 21.2 Å². The third-order valence-electron chi connectivity index (χ3n) is 4.21. The minimum atomic E-state index is -0.0763. The van der Waals surface area contributed by atoms with E-state index >= 15 is 0 Å². The van der Waals surface area contributed by atoms with Gasteiger partial charge in [0.25, 0.3) is 0 Å². The molecule has 2 aromatic rings. The molecule has 110 valence electrons. The molecule has 3 rings (SSSR count). The summed E-state index contributed by atoms with van der Waals surface area (Å²) in [4.78, 5) is 0. The van der Waals surface area contributed by atoms with Gasteiger partial charge in [-0.15, -0.1) is 0 Å². The Morgan fingerprint density at radius 3 is 1.95 bits per heavy atom. The van der Waals surface area contributed by atoms with Gasteiger partial charge in [-0.3, -0.25) is 0 Å². The Labute approximate surface area is 138 Å². The SMILES string of the molecule is COc1ccc([I+]c2ccc(C3CCCCC3)cc2)cc1. The molecule has 0 aliphatic heterocycles. The zero-order valence-electron chi connectivity index (χ0n) is 12.5. The van der Waals surface area contributed by atoms with Gasteiger partial charge in [0.05, 0.1) is 7.11 Å². The zero-order chi connectivity index (χ0) is 14.5. The first-order chi connectivity index (χ1) is 10.3. The van der Waals surface area contributed by atoms with E-state index in [-0.39, 0.29) is 21.2 Å². The predicted octanol–water partition coefficient (Wildman–Crippen LogP) is 1.87. The Morgan fingerprint density at radius 1 is 0.810 bits per heavy atom. The molecule has 1 fully saturated rings. The van der Waals surface area contributed by atoms with Crippen LogP contribution in [0.25, 0.3) is 0 Å². The Kier molecular flexibility index (Phi) is 5.17. The molecule has 0 N–H and O–H groups in total. The van der Waals surface area contributed by atoms with Crippen molar-refractivity contribution < 1.29 is 25.9 Å². The summed E-state index contributed by atoms with van der Waals surface area (Å²) in [5.74, 6) is 1.75. The fourth-order valence-electron chi connectivity index (χ4n) is 2.99. The topological polar surface area (TPSA) is 9.23 Å². The van der Waals surface area contributed by atoms with Crippen LogP contribution in [-0.2, 0) is 0 Å². The Bertz CT molecular complexity index is 553. The number of hydrogen-bond acceptors (Lipinski definition) is 1. The maximum Gasteiger partial charge on any atom is 0.357 e. The molecule has 0 aromatic heterocycles. The zero-order valence-corrected chi connectivity index (χ0v) is 14.7. The number of benzene rings is 2. The van der Waals surface area contributed by atoms with Crippen LogP contribution < -0.4 is 25.9 Å². The van der Waals surface area contributed by atoms with Gasteiger partial charge in [0.1, 0.15) is 5.75 Å². The third-order valence-corrected chi connectivity index (χ3v) is 6.90. The van der Waals surface area contributed by atoms with Crippen LogP contribution in [0.2, 0.25) is 0 Å². The van der Waals surface area contributed by atoms with E-state index in [2.05, 4.69) is 48.5 Å². The quantitative estimate of drug-likeness (QED) is 0.721. The van der Waals surface area contributed by atoms with Gasteiger partial charge in [0.2, 0.25) is 0 Å². The van der Waals surface area contributed by atoms with Crippen molar-refractivity contribution in [1.82, 2.24) is 0 Å². The second-order valence-electron chi connectivity index (χ2n) is 5.64. The van der Waals surface area contributed by atoms with Gasteiger partial charge in [0, 0.05) is 0 Å². The summed E-state index contributed by atoms with van der Waals surface area (Å²) < 4.78 is 8.16. The van der Waals surface area contributed by atoms with Crippen LogP contribution in [0.4, 0.5) is 0 Å². The van der Waals surface area contributed by atoms with Gasteiger partial charge in [-0.2, -0.15) is 0 Å². The first-order valence-corrected chi connectivity index (χ1v) is 9.90. The van der Waals surface area contributed by atoms with E-state index in [4.69, 9.17) is 4.74 Å². The largest absolute Gasteiger partial charge is 0.497 e. The average Bonchev–Trinajstić information content (AvgIpc) is 2.57. The lowest BCUT2D eigenvalue weighted by Gasteiger charge is -2.21. The van der Waals surface area contributed by atoms with Crippen LogP contribution in [0.1, 0.15) is 43.6 Å². The minimum absolute atomic E-state index is 0.0763. The third kappa shape index (κ3) is 4.00. The molecule has 1 aliphatic rings. The first-order valence-electron chi connectivity index (χ1n) is 7.74. The molecule has 0 atom stereocenters. The van der Waals surface area contributed by atoms with Crippen LogP contribution in [0.5, 0.6) is 5.75 Å². The van der Waals surface area contributed by atoms with E-state index < -0.39 is 0 Å². The molecule has 0 radical (unpaired) electrons. The van der Waals surface area contributed by atoms with Crippen molar-refractivity contribution in [3.8, 4) is 5.75 Å². The lowest BCUT2D eigenvalue weighted by molar-refractivity contribution is -0.597. The number of rotatable bonds is 4. The highest BCUT2D eigenvalue weighted by atomic mass is 127. The molecule has 0 unspecified atom stereocenters. The summed E-state index contributed by atoms with van der Waals surface area (Å²) in [6.07, 6.45) is 7.01. The van der Waals surface area contributed by atoms with Crippen molar-refractivity contribution in [3.05, 3.63) is 61.2 Å². The molecular weight excluding hydrogens is 371 g/mol. The highest BCUT2D eigenvalue weighted by Gasteiger charge is 2.18. The molecule has 0 heterocycles. The molecular formula is C19H22IO+. The number of methoxy groups -OCH3 is 1. The Balaban J connectivity index is 1.65. The molecule has 1 aliphatic carbocycles. The van der Waals surface area contributed by atoms with E-state index in [0.29, 0.717) is 0 Å². The highest BCUT2D eigenvalue weighted by molar-refractivity contribution is 5.21. The Hall–Kier alpha value is -1.03. The highest BCUT2D eigenvalue weighted by Crippen LogP contribution is 2.32. The summed E-state index contributed by atoms with van der Waals surface area (Å²) in [5.41, 5.74) is 1.55. The lowest BCUT2D eigenvalue weighted by atomic mass is 9.84. The summed E-state index contributed by atoms with van der Waals surface area (Å²) in [6, 6.07) is 17.9. The molecule has 2 aromatic carbocycles. The Morgan fingerprint density at radius 2 is 1.38 bits per heavy atom. The molecule has 1 saturated carbocycles. The molecule has 0 bridgehead atoms. The summed E-state index contributed by atoms with van der Waals surface area (Å²) >= 11 is -0.0763. The monoisotopic (exact) mass is 393 g/mol. The van der Waals surface area contributed by atoms with E-state index in [1.807, 2.05) is 0 Å². The van der Waals surface area contributed by atoms with Gasteiger partial charge < -0.3 is 4.74 Å². The van der Waals surface area contributed by atoms with Gasteiger partial charge in [-0.05, 0) is 60.7 Å². The smallest absolute Gasteiger partial charge is 0.357 e. The van der Waals surface area contributed by atoms with Crippen LogP contribution in [0.15, 0.2) is 48.5 Å². The maximum atomic E-state index is 5.21. The van der Waals surface area contributed by atoms with Crippen molar-refractivity contribution >= 4 is 0 Å². The van der Waals surface area contributed by atoms with Crippen LogP contribution >= 0.6 is 0 Å². The summed E-state index contributed by atoms with van der Waals surface area (Å²) in [5, 5.41) is 0. The van der Waals surface area contributed by atoms with Crippen molar-refractivity contribution in [3.63, 3.8) is 0 Å². The lowest BCUT2D eigenvalue weighted by Crippen LogP contribution is -3.61. The van der Waals surface area contributed by atoms with E-state index in [1.165, 1.54) is 39.2 Å². The predicted molar refractivity (Wildman–Crippen MR) is 82.7 cm³/mol. The second kappa shape index (κ2) is 7.30. The van der Waals surface area contributed by atoms with Gasteiger partial charge in [-0.1, -0.05) is 31.4 Å². The van der Waals surface area contributed by atoms with E-state index in [0.717, 1.165) is 11.7 Å². The maximum absolute atomic E-state index is 5.21. The van der Waals surface area contributed by atoms with Crippen LogP contribution in [0.3, 0.4) is 0 Å². The normalized spacial score (nSPS) is 15.9. The number of hydrogen-bond donors (Lipinski definition) is 0. The molecule has 0 amide bonds. The van der Waals surface area contributed by atoms with Gasteiger partial charge in [0.15, 0.2) is 7.14 Å². The first kappa shape index (κ1) is 14.9. The molecule has 0 spiro atoms.